The molecule has 1 N–H and O–H groups in total. The van der Waals surface area contributed by atoms with Crippen molar-refractivity contribution in [1.82, 2.24) is 4.98 Å². The van der Waals surface area contributed by atoms with Crippen LogP contribution in [0.1, 0.15) is 10.5 Å². The van der Waals surface area contributed by atoms with E-state index in [1.54, 1.807) is 0 Å². The second-order valence-corrected chi connectivity index (χ2v) is 6.45. The second-order valence-electron chi connectivity index (χ2n) is 5.50. The number of anilines is 1. The Bertz CT molecular complexity index is 1030. The molecule has 0 aliphatic rings. The number of aromatic nitrogens is 1. The molecule has 4 nitrogen and oxygen atoms in total. The first-order valence-corrected chi connectivity index (χ1v) is 8.76. The van der Waals surface area contributed by atoms with Crippen molar-refractivity contribution in [3.8, 4) is 22.1 Å². The number of amides is 1. The smallest absolute Gasteiger partial charge is 0.278 e. The fourth-order valence-electron chi connectivity index (χ4n) is 2.48. The Balaban J connectivity index is 1.72. The van der Waals surface area contributed by atoms with E-state index >= 15 is 0 Å². The first kappa shape index (κ1) is 16.2. The third kappa shape index (κ3) is 3.27. The van der Waals surface area contributed by atoms with Crippen LogP contribution >= 0.6 is 11.3 Å². The van der Waals surface area contributed by atoms with Gasteiger partial charge in [-0.05, 0) is 47.8 Å². The zero-order valence-corrected chi connectivity index (χ0v) is 14.3. The molecule has 2 heterocycles. The highest BCUT2D eigenvalue weighted by atomic mass is 32.1. The summed E-state index contributed by atoms with van der Waals surface area (Å²) in [6, 6.07) is 18.7. The SMILES string of the molecule is O=C(Nc1ccc(F)cc1)c1nc(-c2ccccc2)oc1-c1cccs1. The third-order valence-electron chi connectivity index (χ3n) is 3.71. The molecule has 26 heavy (non-hydrogen) atoms. The highest BCUT2D eigenvalue weighted by Crippen LogP contribution is 2.33. The first-order chi connectivity index (χ1) is 12.7. The molecule has 2 aromatic heterocycles. The second kappa shape index (κ2) is 6.93. The molecule has 0 saturated carbocycles. The quantitative estimate of drug-likeness (QED) is 0.523. The van der Waals surface area contributed by atoms with Gasteiger partial charge in [0.2, 0.25) is 5.89 Å². The van der Waals surface area contributed by atoms with Crippen molar-refractivity contribution in [3.63, 3.8) is 0 Å². The van der Waals surface area contributed by atoms with Crippen LogP contribution in [0.3, 0.4) is 0 Å². The van der Waals surface area contributed by atoms with Crippen molar-refractivity contribution in [1.29, 1.82) is 0 Å². The molecule has 128 valence electrons. The van der Waals surface area contributed by atoms with Crippen molar-refractivity contribution in [2.75, 3.05) is 5.32 Å². The molecule has 1 amide bonds. The molecule has 0 atom stereocenters. The Kier molecular flexibility index (Phi) is 4.33. The van der Waals surface area contributed by atoms with Crippen molar-refractivity contribution in [2.24, 2.45) is 0 Å². The van der Waals surface area contributed by atoms with E-state index < -0.39 is 5.91 Å². The Hall–Kier alpha value is -3.25. The minimum atomic E-state index is -0.411. The van der Waals surface area contributed by atoms with Crippen LogP contribution in [0.4, 0.5) is 10.1 Å². The normalized spacial score (nSPS) is 10.7. The van der Waals surface area contributed by atoms with Gasteiger partial charge in [0.15, 0.2) is 11.5 Å². The van der Waals surface area contributed by atoms with Crippen LogP contribution in [0.2, 0.25) is 0 Å². The van der Waals surface area contributed by atoms with E-state index in [9.17, 15) is 9.18 Å². The van der Waals surface area contributed by atoms with Crippen molar-refractivity contribution in [3.05, 3.63) is 83.6 Å². The minimum absolute atomic E-state index is 0.190. The maximum Gasteiger partial charge on any atom is 0.278 e. The zero-order chi connectivity index (χ0) is 17.9. The molecule has 0 bridgehead atoms. The average Bonchev–Trinajstić information content (AvgIpc) is 3.34. The van der Waals surface area contributed by atoms with Gasteiger partial charge in [-0.15, -0.1) is 11.3 Å². The molecule has 0 radical (unpaired) electrons. The van der Waals surface area contributed by atoms with E-state index in [1.165, 1.54) is 35.6 Å². The number of carbonyl (C=O) groups is 1. The maximum atomic E-state index is 13.0. The van der Waals surface area contributed by atoms with Gasteiger partial charge in [-0.2, -0.15) is 0 Å². The van der Waals surface area contributed by atoms with Crippen LogP contribution in [-0.2, 0) is 0 Å². The number of carbonyl (C=O) groups excluding carboxylic acids is 1. The molecule has 0 unspecified atom stereocenters. The lowest BCUT2D eigenvalue weighted by Gasteiger charge is -2.03. The molecule has 0 spiro atoms. The summed E-state index contributed by atoms with van der Waals surface area (Å²) in [5.41, 5.74) is 1.46. The maximum absolute atomic E-state index is 13.0. The Labute approximate surface area is 152 Å². The number of oxazole rings is 1. The van der Waals surface area contributed by atoms with Gasteiger partial charge in [0.25, 0.3) is 5.91 Å². The van der Waals surface area contributed by atoms with Gasteiger partial charge >= 0.3 is 0 Å². The highest BCUT2D eigenvalue weighted by Gasteiger charge is 2.23. The lowest BCUT2D eigenvalue weighted by atomic mass is 10.2. The Morgan fingerprint density at radius 2 is 1.77 bits per heavy atom. The van der Waals surface area contributed by atoms with E-state index in [2.05, 4.69) is 10.3 Å². The van der Waals surface area contributed by atoms with Crippen LogP contribution in [0, 0.1) is 5.82 Å². The average molecular weight is 364 g/mol. The van der Waals surface area contributed by atoms with Crippen molar-refractivity contribution >= 4 is 22.9 Å². The molecule has 0 aliphatic heterocycles. The molecule has 0 aliphatic carbocycles. The summed E-state index contributed by atoms with van der Waals surface area (Å²) in [5, 5.41) is 4.63. The molecule has 0 saturated heterocycles. The lowest BCUT2D eigenvalue weighted by molar-refractivity contribution is 0.102. The van der Waals surface area contributed by atoms with E-state index in [0.29, 0.717) is 17.3 Å². The van der Waals surface area contributed by atoms with Gasteiger partial charge in [-0.3, -0.25) is 4.79 Å². The summed E-state index contributed by atoms with van der Waals surface area (Å²) in [5.74, 6) is 0.0118. The summed E-state index contributed by atoms with van der Waals surface area (Å²) in [6.07, 6.45) is 0. The topological polar surface area (TPSA) is 55.1 Å². The molecule has 4 rings (SSSR count). The third-order valence-corrected chi connectivity index (χ3v) is 4.58. The lowest BCUT2D eigenvalue weighted by Crippen LogP contribution is -2.13. The van der Waals surface area contributed by atoms with Gasteiger partial charge in [-0.1, -0.05) is 24.3 Å². The van der Waals surface area contributed by atoms with Crippen LogP contribution in [0.15, 0.2) is 76.5 Å². The number of thiophene rings is 1. The molecule has 6 heteroatoms. The molecule has 2 aromatic carbocycles. The van der Waals surface area contributed by atoms with Crippen molar-refractivity contribution < 1.29 is 13.6 Å². The van der Waals surface area contributed by atoms with Crippen LogP contribution in [0.5, 0.6) is 0 Å². The van der Waals surface area contributed by atoms with Gasteiger partial charge in [0, 0.05) is 11.3 Å². The molecule has 4 aromatic rings. The summed E-state index contributed by atoms with van der Waals surface area (Å²) < 4.78 is 19.0. The van der Waals surface area contributed by atoms with Gasteiger partial charge in [0.1, 0.15) is 5.82 Å². The number of nitrogens with one attached hydrogen (secondary N) is 1. The van der Waals surface area contributed by atoms with E-state index in [0.717, 1.165) is 10.4 Å². The fraction of sp³-hybridized carbons (Fsp3) is 0. The first-order valence-electron chi connectivity index (χ1n) is 7.88. The summed E-state index contributed by atoms with van der Waals surface area (Å²) in [7, 11) is 0. The molecular weight excluding hydrogens is 351 g/mol. The number of hydrogen-bond donors (Lipinski definition) is 1. The predicted molar refractivity (Wildman–Crippen MR) is 99.6 cm³/mol. The van der Waals surface area contributed by atoms with Crippen LogP contribution in [-0.4, -0.2) is 10.9 Å². The van der Waals surface area contributed by atoms with Crippen LogP contribution < -0.4 is 5.32 Å². The highest BCUT2D eigenvalue weighted by molar-refractivity contribution is 7.13. The zero-order valence-electron chi connectivity index (χ0n) is 13.5. The summed E-state index contributed by atoms with van der Waals surface area (Å²) in [6.45, 7) is 0. The number of nitrogens with zero attached hydrogens (tertiary/aromatic N) is 1. The summed E-state index contributed by atoms with van der Waals surface area (Å²) in [4.78, 5) is 18.0. The van der Waals surface area contributed by atoms with Crippen LogP contribution in [0.25, 0.3) is 22.1 Å². The monoisotopic (exact) mass is 364 g/mol. The van der Waals surface area contributed by atoms with Gasteiger partial charge in [0.05, 0.1) is 4.88 Å². The number of benzene rings is 2. The fourth-order valence-corrected chi connectivity index (χ4v) is 3.18. The van der Waals surface area contributed by atoms with E-state index in [1.807, 2.05) is 47.8 Å². The minimum Gasteiger partial charge on any atom is -0.434 e. The Morgan fingerprint density at radius 1 is 1.00 bits per heavy atom. The summed E-state index contributed by atoms with van der Waals surface area (Å²) >= 11 is 1.46. The van der Waals surface area contributed by atoms with Gasteiger partial charge in [-0.25, -0.2) is 9.37 Å². The molecular formula is C20H13FN2O2S. The largest absolute Gasteiger partial charge is 0.434 e. The standard InChI is InChI=1S/C20H13FN2O2S/c21-14-8-10-15(11-9-14)22-19(24)17-18(16-7-4-12-26-16)25-20(23-17)13-5-2-1-3-6-13/h1-12H,(H,22,24). The number of hydrogen-bond acceptors (Lipinski definition) is 4. The van der Waals surface area contributed by atoms with Crippen molar-refractivity contribution in [2.45, 2.75) is 0 Å². The molecule has 0 fully saturated rings. The number of rotatable bonds is 4. The Morgan fingerprint density at radius 3 is 2.46 bits per heavy atom. The van der Waals surface area contributed by atoms with E-state index in [-0.39, 0.29) is 11.5 Å². The number of halogens is 1. The predicted octanol–water partition coefficient (Wildman–Crippen LogP) is 5.46. The van der Waals surface area contributed by atoms with Gasteiger partial charge < -0.3 is 9.73 Å². The van der Waals surface area contributed by atoms with E-state index in [4.69, 9.17) is 4.42 Å².